The highest BCUT2D eigenvalue weighted by atomic mass is 35.5. The first-order valence-electron chi connectivity index (χ1n) is 10.2. The molecule has 0 aliphatic carbocycles. The van der Waals surface area contributed by atoms with Crippen LogP contribution in [0.4, 0.5) is 15.9 Å². The Bertz CT molecular complexity index is 1260. The molecule has 0 bridgehead atoms. The van der Waals surface area contributed by atoms with Crippen LogP contribution in [-0.2, 0) is 0 Å². The molecule has 0 saturated heterocycles. The number of pyridine rings is 1. The maximum Gasteiger partial charge on any atom is 0.258 e. The van der Waals surface area contributed by atoms with E-state index in [1.165, 1.54) is 18.3 Å². The van der Waals surface area contributed by atoms with E-state index in [0.29, 0.717) is 28.8 Å². The maximum absolute atomic E-state index is 14.8. The number of nitrogens with one attached hydrogen (secondary N) is 2. The summed E-state index contributed by atoms with van der Waals surface area (Å²) >= 11 is 5.83. The Kier molecular flexibility index (Phi) is 6.37. The summed E-state index contributed by atoms with van der Waals surface area (Å²) in [5, 5.41) is 5.76. The molecule has 9 heteroatoms. The molecule has 0 radical (unpaired) electrons. The molecule has 0 spiro atoms. The van der Waals surface area contributed by atoms with Crippen molar-refractivity contribution in [2.45, 2.75) is 6.92 Å². The van der Waals surface area contributed by atoms with E-state index in [1.54, 1.807) is 36.4 Å². The average molecular weight is 466 g/mol. The molecule has 1 aromatic heterocycles. The van der Waals surface area contributed by atoms with E-state index in [4.69, 9.17) is 11.6 Å². The summed E-state index contributed by atoms with van der Waals surface area (Å²) < 4.78 is 14.8. The van der Waals surface area contributed by atoms with Gasteiger partial charge in [0.25, 0.3) is 11.8 Å². The molecule has 2 heterocycles. The quantitative estimate of drug-likeness (QED) is 0.585. The predicted octanol–water partition coefficient (Wildman–Crippen LogP) is 4.38. The number of carbonyl (C=O) groups excluding carboxylic acids is 2. The first kappa shape index (κ1) is 22.4. The number of nitrogens with zero attached hydrogens (tertiary/aromatic N) is 3. The molecule has 0 saturated carbocycles. The number of anilines is 2. The van der Waals surface area contributed by atoms with Gasteiger partial charge in [0, 0.05) is 25.4 Å². The maximum atomic E-state index is 14.8. The third-order valence-electron chi connectivity index (χ3n) is 5.17. The summed E-state index contributed by atoms with van der Waals surface area (Å²) in [5.74, 6) is -0.805. The SMILES string of the molecule is Cc1ccc(NC(=O)c2ccc(C3=NCCN3C)cc2F)c(C(=O)Nc2ccc(Cl)cn2)c1. The number of likely N-dealkylation sites (N-methyl/N-ethyl adjacent to an activating group) is 1. The minimum absolute atomic E-state index is 0.133. The Balaban J connectivity index is 1.56. The molecule has 0 unspecified atom stereocenters. The molecule has 3 aromatic rings. The number of rotatable bonds is 5. The summed E-state index contributed by atoms with van der Waals surface area (Å²) in [5.41, 5.74) is 1.76. The van der Waals surface area contributed by atoms with Gasteiger partial charge in [0.05, 0.1) is 28.4 Å². The fourth-order valence-corrected chi connectivity index (χ4v) is 3.57. The molecule has 168 valence electrons. The predicted molar refractivity (Wildman–Crippen MR) is 127 cm³/mol. The molecule has 1 aliphatic heterocycles. The summed E-state index contributed by atoms with van der Waals surface area (Å²) in [6.07, 6.45) is 1.41. The summed E-state index contributed by atoms with van der Waals surface area (Å²) in [7, 11) is 1.88. The lowest BCUT2D eigenvalue weighted by atomic mass is 10.1. The van der Waals surface area contributed by atoms with Gasteiger partial charge in [0.15, 0.2) is 0 Å². The second kappa shape index (κ2) is 9.38. The zero-order valence-corrected chi connectivity index (χ0v) is 18.8. The highest BCUT2D eigenvalue weighted by Gasteiger charge is 2.20. The van der Waals surface area contributed by atoms with Crippen molar-refractivity contribution in [3.63, 3.8) is 0 Å². The molecule has 0 fully saturated rings. The Labute approximate surface area is 195 Å². The standard InChI is InChI=1S/C24H21ClFN5O2/c1-14-3-7-20(18(11-14)24(33)30-21-8-5-16(25)13-28-21)29-23(32)17-6-4-15(12-19(17)26)22-27-9-10-31(22)2/h3-8,11-13H,9-10H2,1-2H3,(H,29,32)(H,28,30,33). The number of amides is 2. The smallest absolute Gasteiger partial charge is 0.258 e. The van der Waals surface area contributed by atoms with Gasteiger partial charge in [-0.25, -0.2) is 9.37 Å². The summed E-state index contributed by atoms with van der Waals surface area (Å²) in [4.78, 5) is 36.0. The minimum Gasteiger partial charge on any atom is -0.358 e. The van der Waals surface area contributed by atoms with Gasteiger partial charge in [-0.1, -0.05) is 29.3 Å². The number of aryl methyl sites for hydroxylation is 1. The van der Waals surface area contributed by atoms with Crippen LogP contribution in [0.25, 0.3) is 0 Å². The van der Waals surface area contributed by atoms with Gasteiger partial charge in [-0.15, -0.1) is 0 Å². The van der Waals surface area contributed by atoms with E-state index in [2.05, 4.69) is 20.6 Å². The number of halogens is 2. The molecule has 2 N–H and O–H groups in total. The molecular formula is C24H21ClFN5O2. The number of hydrogen-bond acceptors (Lipinski definition) is 5. The second-order valence-corrected chi connectivity index (χ2v) is 8.08. The number of aromatic nitrogens is 1. The van der Waals surface area contributed by atoms with Gasteiger partial charge >= 0.3 is 0 Å². The van der Waals surface area contributed by atoms with Crippen molar-refractivity contribution < 1.29 is 14.0 Å². The first-order chi connectivity index (χ1) is 15.8. The minimum atomic E-state index is -0.670. The molecule has 4 rings (SSSR count). The van der Waals surface area contributed by atoms with E-state index >= 15 is 0 Å². The number of carbonyl (C=O) groups is 2. The highest BCUT2D eigenvalue weighted by molar-refractivity contribution is 6.30. The molecule has 7 nitrogen and oxygen atoms in total. The van der Waals surface area contributed by atoms with Crippen molar-refractivity contribution in [1.82, 2.24) is 9.88 Å². The van der Waals surface area contributed by atoms with E-state index in [1.807, 2.05) is 18.9 Å². The van der Waals surface area contributed by atoms with E-state index < -0.39 is 17.6 Å². The van der Waals surface area contributed by atoms with Gasteiger partial charge in [-0.3, -0.25) is 14.6 Å². The largest absolute Gasteiger partial charge is 0.358 e. The van der Waals surface area contributed by atoms with Crippen LogP contribution < -0.4 is 10.6 Å². The van der Waals surface area contributed by atoms with Gasteiger partial charge in [-0.05, 0) is 43.3 Å². The molecule has 1 aliphatic rings. The van der Waals surface area contributed by atoms with Crippen LogP contribution >= 0.6 is 11.6 Å². The van der Waals surface area contributed by atoms with Crippen molar-refractivity contribution in [3.8, 4) is 0 Å². The average Bonchev–Trinajstić information content (AvgIpc) is 3.22. The monoisotopic (exact) mass is 465 g/mol. The van der Waals surface area contributed by atoms with Crippen LogP contribution in [0.5, 0.6) is 0 Å². The van der Waals surface area contributed by atoms with Gasteiger partial charge < -0.3 is 15.5 Å². The van der Waals surface area contributed by atoms with Gasteiger partial charge in [-0.2, -0.15) is 0 Å². The van der Waals surface area contributed by atoms with Crippen LogP contribution in [0.1, 0.15) is 31.8 Å². The van der Waals surface area contributed by atoms with Crippen LogP contribution in [0, 0.1) is 12.7 Å². The van der Waals surface area contributed by atoms with Crippen LogP contribution in [-0.4, -0.2) is 47.7 Å². The van der Waals surface area contributed by atoms with Gasteiger partial charge in [0.1, 0.15) is 17.5 Å². The molecule has 2 aromatic carbocycles. The van der Waals surface area contributed by atoms with Crippen molar-refractivity contribution in [2.24, 2.45) is 4.99 Å². The Morgan fingerprint density at radius 2 is 1.82 bits per heavy atom. The van der Waals surface area contributed by atoms with Crippen LogP contribution in [0.15, 0.2) is 59.7 Å². The third-order valence-corrected chi connectivity index (χ3v) is 5.39. The molecule has 2 amide bonds. The van der Waals surface area contributed by atoms with Crippen LogP contribution in [0.2, 0.25) is 5.02 Å². The highest BCUT2D eigenvalue weighted by Crippen LogP contribution is 2.22. The van der Waals surface area contributed by atoms with E-state index in [9.17, 15) is 14.0 Å². The van der Waals surface area contributed by atoms with E-state index in [0.717, 1.165) is 12.1 Å². The summed E-state index contributed by atoms with van der Waals surface area (Å²) in [6, 6.07) is 12.5. The lowest BCUT2D eigenvalue weighted by molar-refractivity contribution is 0.102. The van der Waals surface area contributed by atoms with Crippen LogP contribution in [0.3, 0.4) is 0 Å². The first-order valence-corrected chi connectivity index (χ1v) is 10.6. The number of amidine groups is 1. The number of aliphatic imine (C=N–C) groups is 1. The molecular weight excluding hydrogens is 445 g/mol. The fourth-order valence-electron chi connectivity index (χ4n) is 3.46. The number of hydrogen-bond donors (Lipinski definition) is 2. The Hall–Kier alpha value is -3.78. The third kappa shape index (κ3) is 5.01. The number of benzene rings is 2. The zero-order valence-electron chi connectivity index (χ0n) is 18.0. The lowest BCUT2D eigenvalue weighted by Gasteiger charge is -2.15. The normalized spacial score (nSPS) is 13.0. The zero-order chi connectivity index (χ0) is 23.5. The second-order valence-electron chi connectivity index (χ2n) is 7.64. The Morgan fingerprint density at radius 3 is 2.48 bits per heavy atom. The van der Waals surface area contributed by atoms with Crippen molar-refractivity contribution in [2.75, 3.05) is 30.8 Å². The van der Waals surface area contributed by atoms with Crippen molar-refractivity contribution in [1.29, 1.82) is 0 Å². The Morgan fingerprint density at radius 1 is 1.03 bits per heavy atom. The lowest BCUT2D eigenvalue weighted by Crippen LogP contribution is -2.24. The fraction of sp³-hybridized carbons (Fsp3) is 0.167. The van der Waals surface area contributed by atoms with Gasteiger partial charge in [0.2, 0.25) is 0 Å². The molecule has 33 heavy (non-hydrogen) atoms. The molecule has 0 atom stereocenters. The van der Waals surface area contributed by atoms with E-state index in [-0.39, 0.29) is 16.8 Å². The topological polar surface area (TPSA) is 86.7 Å². The van der Waals surface area contributed by atoms with Crippen molar-refractivity contribution in [3.05, 3.63) is 87.8 Å². The summed E-state index contributed by atoms with van der Waals surface area (Å²) in [6.45, 7) is 3.24. The van der Waals surface area contributed by atoms with Crippen molar-refractivity contribution >= 4 is 40.8 Å².